The van der Waals surface area contributed by atoms with Crippen LogP contribution in [0.5, 0.6) is 0 Å². The lowest BCUT2D eigenvalue weighted by Crippen LogP contribution is -2.26. The lowest BCUT2D eigenvalue weighted by atomic mass is 10.2. The number of nitrogens with one attached hydrogen (secondary N) is 1. The van der Waals surface area contributed by atoms with E-state index in [1.165, 1.54) is 0 Å². The van der Waals surface area contributed by atoms with Gasteiger partial charge in [-0.1, -0.05) is 13.8 Å². The van der Waals surface area contributed by atoms with Crippen LogP contribution in [-0.4, -0.2) is 25.6 Å². The Hall–Kier alpha value is -2.11. The van der Waals surface area contributed by atoms with Crippen LogP contribution in [0, 0.1) is 5.92 Å². The van der Waals surface area contributed by atoms with Crippen molar-refractivity contribution in [3.63, 3.8) is 0 Å². The Morgan fingerprint density at radius 2 is 2.16 bits per heavy atom. The van der Waals surface area contributed by atoms with Gasteiger partial charge in [0.15, 0.2) is 5.82 Å². The van der Waals surface area contributed by atoms with E-state index in [0.29, 0.717) is 24.8 Å². The standard InChI is InChI=1S/C13H19N5O/c1-11(2)9-18-8-5-16-12(13(18)19)15-4-7-17-6-3-14-10-17/h3,5-6,8,10-11H,4,7,9H2,1-2H3,(H,15,16). The summed E-state index contributed by atoms with van der Waals surface area (Å²) >= 11 is 0. The van der Waals surface area contributed by atoms with Crippen molar-refractivity contribution in [1.82, 2.24) is 19.1 Å². The molecule has 19 heavy (non-hydrogen) atoms. The quantitative estimate of drug-likeness (QED) is 0.849. The fourth-order valence-electron chi connectivity index (χ4n) is 1.83. The molecule has 0 aliphatic rings. The predicted octanol–water partition coefficient (Wildman–Crippen LogP) is 1.21. The number of rotatable bonds is 6. The molecule has 6 heteroatoms. The topological polar surface area (TPSA) is 64.7 Å². The van der Waals surface area contributed by atoms with E-state index in [2.05, 4.69) is 29.1 Å². The molecule has 0 aliphatic heterocycles. The average Bonchev–Trinajstić information content (AvgIpc) is 2.86. The highest BCUT2D eigenvalue weighted by Crippen LogP contribution is 1.98. The zero-order chi connectivity index (χ0) is 13.7. The minimum atomic E-state index is -0.0677. The summed E-state index contributed by atoms with van der Waals surface area (Å²) < 4.78 is 3.64. The Morgan fingerprint density at radius 3 is 2.84 bits per heavy atom. The molecule has 2 heterocycles. The molecule has 0 fully saturated rings. The molecule has 0 bridgehead atoms. The molecule has 2 rings (SSSR count). The number of nitrogens with zero attached hydrogens (tertiary/aromatic N) is 4. The zero-order valence-electron chi connectivity index (χ0n) is 11.3. The third-order valence-electron chi connectivity index (χ3n) is 2.70. The highest BCUT2D eigenvalue weighted by atomic mass is 16.1. The molecule has 0 saturated heterocycles. The SMILES string of the molecule is CC(C)Cn1ccnc(NCCn2ccnc2)c1=O. The van der Waals surface area contributed by atoms with E-state index in [9.17, 15) is 4.79 Å². The van der Waals surface area contributed by atoms with Crippen molar-refractivity contribution < 1.29 is 0 Å². The number of aromatic nitrogens is 4. The third-order valence-corrected chi connectivity index (χ3v) is 2.70. The summed E-state index contributed by atoms with van der Waals surface area (Å²) in [6.45, 7) is 6.26. The second kappa shape index (κ2) is 6.17. The molecule has 102 valence electrons. The molecule has 2 aromatic heterocycles. The van der Waals surface area contributed by atoms with Crippen LogP contribution >= 0.6 is 0 Å². The van der Waals surface area contributed by atoms with E-state index in [4.69, 9.17) is 0 Å². The second-order valence-electron chi connectivity index (χ2n) is 4.85. The average molecular weight is 261 g/mol. The van der Waals surface area contributed by atoms with E-state index >= 15 is 0 Å². The van der Waals surface area contributed by atoms with Gasteiger partial charge in [0.2, 0.25) is 0 Å². The van der Waals surface area contributed by atoms with Crippen molar-refractivity contribution in [1.29, 1.82) is 0 Å². The van der Waals surface area contributed by atoms with Crippen molar-refractivity contribution in [3.8, 4) is 0 Å². The van der Waals surface area contributed by atoms with Crippen molar-refractivity contribution in [2.24, 2.45) is 5.92 Å². The summed E-state index contributed by atoms with van der Waals surface area (Å²) in [6, 6.07) is 0. The maximum Gasteiger partial charge on any atom is 0.293 e. The van der Waals surface area contributed by atoms with Gasteiger partial charge in [0.05, 0.1) is 6.33 Å². The highest BCUT2D eigenvalue weighted by molar-refractivity contribution is 5.30. The number of anilines is 1. The maximum absolute atomic E-state index is 12.1. The Labute approximate surface area is 112 Å². The van der Waals surface area contributed by atoms with Gasteiger partial charge in [-0.25, -0.2) is 9.97 Å². The molecular formula is C13H19N5O. The first kappa shape index (κ1) is 13.3. The fourth-order valence-corrected chi connectivity index (χ4v) is 1.83. The predicted molar refractivity (Wildman–Crippen MR) is 74.1 cm³/mol. The van der Waals surface area contributed by atoms with Crippen LogP contribution in [0.25, 0.3) is 0 Å². The van der Waals surface area contributed by atoms with Crippen molar-refractivity contribution >= 4 is 5.82 Å². The monoisotopic (exact) mass is 261 g/mol. The van der Waals surface area contributed by atoms with Gasteiger partial charge < -0.3 is 14.5 Å². The first-order chi connectivity index (χ1) is 9.16. The Kier molecular flexibility index (Phi) is 4.33. The van der Waals surface area contributed by atoms with Crippen LogP contribution in [-0.2, 0) is 13.1 Å². The summed E-state index contributed by atoms with van der Waals surface area (Å²) in [5, 5.41) is 3.07. The van der Waals surface area contributed by atoms with Gasteiger partial charge >= 0.3 is 0 Å². The summed E-state index contributed by atoms with van der Waals surface area (Å²) in [5.74, 6) is 0.835. The third kappa shape index (κ3) is 3.67. The van der Waals surface area contributed by atoms with E-state index in [1.54, 1.807) is 29.5 Å². The summed E-state index contributed by atoms with van der Waals surface area (Å²) in [7, 11) is 0. The highest BCUT2D eigenvalue weighted by Gasteiger charge is 2.05. The number of hydrogen-bond donors (Lipinski definition) is 1. The molecule has 0 atom stereocenters. The Morgan fingerprint density at radius 1 is 1.32 bits per heavy atom. The molecule has 0 radical (unpaired) electrons. The molecule has 0 aromatic carbocycles. The van der Waals surface area contributed by atoms with Gasteiger partial charge in [0.1, 0.15) is 0 Å². The van der Waals surface area contributed by atoms with Gasteiger partial charge in [0.25, 0.3) is 5.56 Å². The number of hydrogen-bond acceptors (Lipinski definition) is 4. The molecule has 6 nitrogen and oxygen atoms in total. The van der Waals surface area contributed by atoms with Crippen LogP contribution in [0.1, 0.15) is 13.8 Å². The van der Waals surface area contributed by atoms with Crippen molar-refractivity contribution in [3.05, 3.63) is 41.5 Å². The van der Waals surface area contributed by atoms with Gasteiger partial charge in [-0.3, -0.25) is 4.79 Å². The minimum Gasteiger partial charge on any atom is -0.364 e. The minimum absolute atomic E-state index is 0.0677. The van der Waals surface area contributed by atoms with Crippen LogP contribution in [0.3, 0.4) is 0 Å². The second-order valence-corrected chi connectivity index (χ2v) is 4.85. The number of imidazole rings is 1. The van der Waals surface area contributed by atoms with Crippen LogP contribution in [0.2, 0.25) is 0 Å². The van der Waals surface area contributed by atoms with Crippen LogP contribution < -0.4 is 10.9 Å². The molecule has 2 aromatic rings. The molecule has 1 N–H and O–H groups in total. The Balaban J connectivity index is 1.98. The van der Waals surface area contributed by atoms with Crippen LogP contribution in [0.4, 0.5) is 5.82 Å². The van der Waals surface area contributed by atoms with E-state index in [1.807, 2.05) is 10.8 Å². The summed E-state index contributed by atoms with van der Waals surface area (Å²) in [6.07, 6.45) is 8.75. The molecule has 0 aliphatic carbocycles. The molecule has 0 unspecified atom stereocenters. The van der Waals surface area contributed by atoms with Gasteiger partial charge in [-0.15, -0.1) is 0 Å². The largest absolute Gasteiger partial charge is 0.364 e. The smallest absolute Gasteiger partial charge is 0.293 e. The van der Waals surface area contributed by atoms with Crippen LogP contribution in [0.15, 0.2) is 35.9 Å². The lowest BCUT2D eigenvalue weighted by molar-refractivity contribution is 0.509. The van der Waals surface area contributed by atoms with Gasteiger partial charge in [-0.2, -0.15) is 0 Å². The normalized spacial score (nSPS) is 10.9. The van der Waals surface area contributed by atoms with Crippen molar-refractivity contribution in [2.45, 2.75) is 26.9 Å². The summed E-state index contributed by atoms with van der Waals surface area (Å²) in [5.41, 5.74) is -0.0677. The van der Waals surface area contributed by atoms with E-state index in [-0.39, 0.29) is 5.56 Å². The zero-order valence-corrected chi connectivity index (χ0v) is 11.3. The first-order valence-electron chi connectivity index (χ1n) is 6.42. The molecule has 0 spiro atoms. The van der Waals surface area contributed by atoms with E-state index in [0.717, 1.165) is 6.54 Å². The van der Waals surface area contributed by atoms with Gasteiger partial charge in [0, 0.05) is 44.4 Å². The maximum atomic E-state index is 12.1. The summed E-state index contributed by atoms with van der Waals surface area (Å²) in [4.78, 5) is 20.2. The fraction of sp³-hybridized carbons (Fsp3) is 0.462. The lowest BCUT2D eigenvalue weighted by Gasteiger charge is -2.10. The molecule has 0 saturated carbocycles. The molecular weight excluding hydrogens is 242 g/mol. The molecule has 0 amide bonds. The first-order valence-corrected chi connectivity index (χ1v) is 6.42. The Bertz CT molecular complexity index is 559. The van der Waals surface area contributed by atoms with Gasteiger partial charge in [-0.05, 0) is 5.92 Å². The van der Waals surface area contributed by atoms with E-state index < -0.39 is 0 Å². The van der Waals surface area contributed by atoms with Crippen molar-refractivity contribution in [2.75, 3.05) is 11.9 Å².